The number of guanidine groups is 1. The molecule has 138 valence electrons. The van der Waals surface area contributed by atoms with Crippen molar-refractivity contribution in [3.63, 3.8) is 0 Å². The number of hydrogen-bond acceptors (Lipinski definition) is 5. The van der Waals surface area contributed by atoms with Gasteiger partial charge in [-0.15, -0.1) is 35.3 Å². The van der Waals surface area contributed by atoms with Crippen LogP contribution < -0.4 is 10.6 Å². The van der Waals surface area contributed by atoms with Crippen molar-refractivity contribution in [2.24, 2.45) is 4.99 Å². The van der Waals surface area contributed by atoms with E-state index in [9.17, 15) is 0 Å². The molecular formula is C18H22IN5OS. The van der Waals surface area contributed by atoms with Crippen LogP contribution in [0.15, 0.2) is 51.4 Å². The minimum absolute atomic E-state index is 0. The highest BCUT2D eigenvalue weighted by Gasteiger charge is 2.07. The van der Waals surface area contributed by atoms with Gasteiger partial charge < -0.3 is 15.1 Å². The summed E-state index contributed by atoms with van der Waals surface area (Å²) in [5, 5.41) is 9.71. The van der Waals surface area contributed by atoms with Crippen molar-refractivity contribution in [3.8, 4) is 11.5 Å². The number of aliphatic imine (C=N–C) groups is 1. The van der Waals surface area contributed by atoms with Gasteiger partial charge in [0.05, 0.1) is 22.9 Å². The lowest BCUT2D eigenvalue weighted by Crippen LogP contribution is -2.37. The summed E-state index contributed by atoms with van der Waals surface area (Å²) in [4.78, 5) is 13.2. The molecule has 8 heteroatoms. The summed E-state index contributed by atoms with van der Waals surface area (Å²) >= 11 is 1.67. The average Bonchev–Trinajstić information content (AvgIpc) is 3.28. The fourth-order valence-electron chi connectivity index (χ4n) is 2.33. The van der Waals surface area contributed by atoms with E-state index in [-0.39, 0.29) is 24.0 Å². The standard InChI is InChI=1S/C18H21N5OS.HI/c1-13-22-15(12-25-13)8-9-20-18(19-2)21-10-16-11-24-17(23-16)14-6-4-3-5-7-14;/h3-7,11-12H,8-10H2,1-2H3,(H2,19,20,21);1H. The number of thiazole rings is 1. The minimum atomic E-state index is 0. The van der Waals surface area contributed by atoms with Crippen molar-refractivity contribution in [1.82, 2.24) is 20.6 Å². The summed E-state index contributed by atoms with van der Waals surface area (Å²) in [6, 6.07) is 9.85. The van der Waals surface area contributed by atoms with Crippen molar-refractivity contribution < 1.29 is 4.42 Å². The maximum Gasteiger partial charge on any atom is 0.226 e. The van der Waals surface area contributed by atoms with Gasteiger partial charge in [-0.1, -0.05) is 18.2 Å². The van der Waals surface area contributed by atoms with Gasteiger partial charge >= 0.3 is 0 Å². The van der Waals surface area contributed by atoms with Crippen LogP contribution in [0.25, 0.3) is 11.5 Å². The highest BCUT2D eigenvalue weighted by Crippen LogP contribution is 2.17. The predicted molar refractivity (Wildman–Crippen MR) is 116 cm³/mol. The van der Waals surface area contributed by atoms with Crippen molar-refractivity contribution >= 4 is 41.3 Å². The summed E-state index contributed by atoms with van der Waals surface area (Å²) in [6.07, 6.45) is 2.54. The number of aryl methyl sites for hydroxylation is 1. The largest absolute Gasteiger partial charge is 0.444 e. The lowest BCUT2D eigenvalue weighted by atomic mass is 10.2. The van der Waals surface area contributed by atoms with E-state index >= 15 is 0 Å². The van der Waals surface area contributed by atoms with Crippen molar-refractivity contribution in [2.75, 3.05) is 13.6 Å². The third kappa shape index (κ3) is 5.80. The fraction of sp³-hybridized carbons (Fsp3) is 0.278. The summed E-state index contributed by atoms with van der Waals surface area (Å²) in [7, 11) is 1.75. The second-order valence-corrected chi connectivity index (χ2v) is 6.53. The monoisotopic (exact) mass is 483 g/mol. The van der Waals surface area contributed by atoms with Gasteiger partial charge in [0.25, 0.3) is 0 Å². The average molecular weight is 483 g/mol. The normalized spacial score (nSPS) is 11.1. The maximum absolute atomic E-state index is 5.54. The lowest BCUT2D eigenvalue weighted by molar-refractivity contribution is 0.572. The second kappa shape index (κ2) is 10.3. The number of nitrogens with one attached hydrogen (secondary N) is 2. The van der Waals surface area contributed by atoms with Gasteiger partial charge in [-0.2, -0.15) is 0 Å². The van der Waals surface area contributed by atoms with Crippen LogP contribution in [0.2, 0.25) is 0 Å². The molecule has 0 saturated carbocycles. The zero-order valence-electron chi connectivity index (χ0n) is 14.7. The van der Waals surface area contributed by atoms with E-state index in [0.29, 0.717) is 12.4 Å². The van der Waals surface area contributed by atoms with Gasteiger partial charge in [0, 0.05) is 31.0 Å². The molecule has 2 aromatic heterocycles. The number of nitrogens with zero attached hydrogens (tertiary/aromatic N) is 3. The number of benzene rings is 1. The van der Waals surface area contributed by atoms with Gasteiger partial charge in [-0.3, -0.25) is 4.99 Å². The van der Waals surface area contributed by atoms with Crippen molar-refractivity contribution in [3.05, 3.63) is 58.4 Å². The molecule has 6 nitrogen and oxygen atoms in total. The molecule has 0 aliphatic carbocycles. The topological polar surface area (TPSA) is 75.3 Å². The first-order valence-corrected chi connectivity index (χ1v) is 8.98. The van der Waals surface area contributed by atoms with Gasteiger partial charge in [-0.05, 0) is 19.1 Å². The van der Waals surface area contributed by atoms with E-state index in [0.717, 1.165) is 40.9 Å². The Hall–Kier alpha value is -1.94. The Labute approximate surface area is 174 Å². The van der Waals surface area contributed by atoms with Crippen LogP contribution in [0, 0.1) is 6.92 Å². The van der Waals surface area contributed by atoms with E-state index in [1.807, 2.05) is 37.3 Å². The molecule has 2 heterocycles. The van der Waals surface area contributed by atoms with Crippen LogP contribution in [0.4, 0.5) is 0 Å². The van der Waals surface area contributed by atoms with Gasteiger partial charge in [0.1, 0.15) is 6.26 Å². The van der Waals surface area contributed by atoms with E-state index < -0.39 is 0 Å². The molecule has 0 spiro atoms. The molecule has 0 fully saturated rings. The lowest BCUT2D eigenvalue weighted by Gasteiger charge is -2.10. The molecule has 3 rings (SSSR count). The molecule has 0 aliphatic heterocycles. The molecule has 0 saturated heterocycles. The third-order valence-corrected chi connectivity index (χ3v) is 4.40. The predicted octanol–water partition coefficient (Wildman–Crippen LogP) is 3.63. The fourth-order valence-corrected chi connectivity index (χ4v) is 2.98. The Morgan fingerprint density at radius 1 is 1.15 bits per heavy atom. The Morgan fingerprint density at radius 3 is 2.65 bits per heavy atom. The van der Waals surface area contributed by atoms with E-state index in [1.54, 1.807) is 24.6 Å². The van der Waals surface area contributed by atoms with Gasteiger partial charge in [0.2, 0.25) is 5.89 Å². The minimum Gasteiger partial charge on any atom is -0.444 e. The summed E-state index contributed by atoms with van der Waals surface area (Å²) in [5.41, 5.74) is 2.90. The summed E-state index contributed by atoms with van der Waals surface area (Å²) in [5.74, 6) is 1.36. The molecule has 2 N–H and O–H groups in total. The summed E-state index contributed by atoms with van der Waals surface area (Å²) < 4.78 is 5.54. The first-order chi connectivity index (χ1) is 12.2. The van der Waals surface area contributed by atoms with E-state index in [1.165, 1.54) is 0 Å². The first kappa shape index (κ1) is 20.4. The molecule has 0 atom stereocenters. The first-order valence-electron chi connectivity index (χ1n) is 8.10. The zero-order chi connectivity index (χ0) is 17.5. The van der Waals surface area contributed by atoms with Crippen LogP contribution in [0.3, 0.4) is 0 Å². The molecule has 0 aliphatic rings. The molecule has 0 radical (unpaired) electrons. The number of oxazole rings is 1. The zero-order valence-corrected chi connectivity index (χ0v) is 17.9. The molecule has 3 aromatic rings. The van der Waals surface area contributed by atoms with E-state index in [4.69, 9.17) is 4.42 Å². The Kier molecular flexibility index (Phi) is 8.05. The molecule has 0 unspecified atom stereocenters. The highest BCUT2D eigenvalue weighted by atomic mass is 127. The Morgan fingerprint density at radius 2 is 1.96 bits per heavy atom. The molecular weight excluding hydrogens is 461 g/mol. The molecule has 0 bridgehead atoms. The van der Waals surface area contributed by atoms with Crippen LogP contribution >= 0.6 is 35.3 Å². The summed E-state index contributed by atoms with van der Waals surface area (Å²) in [6.45, 7) is 3.34. The van der Waals surface area contributed by atoms with E-state index in [2.05, 4.69) is 31.0 Å². The van der Waals surface area contributed by atoms with Crippen molar-refractivity contribution in [2.45, 2.75) is 19.9 Å². The van der Waals surface area contributed by atoms with Gasteiger partial charge in [-0.25, -0.2) is 9.97 Å². The second-order valence-electron chi connectivity index (χ2n) is 5.47. The molecule has 1 aromatic carbocycles. The smallest absolute Gasteiger partial charge is 0.226 e. The Bertz CT molecular complexity index is 831. The van der Waals surface area contributed by atoms with Crippen molar-refractivity contribution in [1.29, 1.82) is 0 Å². The number of rotatable bonds is 6. The van der Waals surface area contributed by atoms with Crippen LogP contribution in [0.5, 0.6) is 0 Å². The highest BCUT2D eigenvalue weighted by molar-refractivity contribution is 14.0. The number of hydrogen-bond donors (Lipinski definition) is 2. The molecule has 0 amide bonds. The van der Waals surface area contributed by atoms with Gasteiger partial charge in [0.15, 0.2) is 5.96 Å². The van der Waals surface area contributed by atoms with Crippen LogP contribution in [-0.2, 0) is 13.0 Å². The molecule has 26 heavy (non-hydrogen) atoms. The van der Waals surface area contributed by atoms with Crippen LogP contribution in [0.1, 0.15) is 16.4 Å². The third-order valence-electron chi connectivity index (χ3n) is 3.57. The maximum atomic E-state index is 5.54. The SMILES string of the molecule is CN=C(NCCc1csc(C)n1)NCc1coc(-c2ccccc2)n1.I. The number of halogens is 1. The quantitative estimate of drug-likeness (QED) is 0.318. The van der Waals surface area contributed by atoms with Crippen LogP contribution in [-0.4, -0.2) is 29.5 Å². The Balaban J connectivity index is 0.00000243. The number of aromatic nitrogens is 2.